The van der Waals surface area contributed by atoms with Gasteiger partial charge in [0, 0.05) is 10.6 Å². The number of hydrogen-bond donors (Lipinski definition) is 1. The second-order valence-electron chi connectivity index (χ2n) is 4.86. The van der Waals surface area contributed by atoms with Crippen LogP contribution >= 0.6 is 11.3 Å². The van der Waals surface area contributed by atoms with Gasteiger partial charge in [-0.25, -0.2) is 4.39 Å². The van der Waals surface area contributed by atoms with Gasteiger partial charge >= 0.3 is 0 Å². The van der Waals surface area contributed by atoms with E-state index in [9.17, 15) is 9.50 Å². The molecule has 1 heterocycles. The first kappa shape index (κ1) is 13.3. The molecule has 102 valence electrons. The number of aliphatic hydroxyl groups excluding tert-OH is 1. The third kappa shape index (κ3) is 2.47. The molecule has 0 aliphatic carbocycles. The zero-order valence-electron chi connectivity index (χ0n) is 10.9. The van der Waals surface area contributed by atoms with Crippen molar-refractivity contribution in [3.63, 3.8) is 0 Å². The van der Waals surface area contributed by atoms with Crippen LogP contribution in [0.2, 0.25) is 0 Å². The summed E-state index contributed by atoms with van der Waals surface area (Å²) in [5.41, 5.74) is 1.76. The SMILES string of the molecule is OCC(Cc1csc2ccccc12)c1ccccc1F. The summed E-state index contributed by atoms with van der Waals surface area (Å²) < 4.78 is 15.1. The molecule has 0 bridgehead atoms. The van der Waals surface area contributed by atoms with Gasteiger partial charge in [-0.05, 0) is 40.4 Å². The number of fused-ring (bicyclic) bond motifs is 1. The maximum Gasteiger partial charge on any atom is 0.126 e. The van der Waals surface area contributed by atoms with Crippen molar-refractivity contribution in [1.29, 1.82) is 0 Å². The van der Waals surface area contributed by atoms with Gasteiger partial charge in [0.05, 0.1) is 6.61 Å². The number of benzene rings is 2. The maximum atomic E-state index is 13.9. The summed E-state index contributed by atoms with van der Waals surface area (Å²) in [6.45, 7) is -0.0505. The highest BCUT2D eigenvalue weighted by molar-refractivity contribution is 7.17. The molecular weight excluding hydrogens is 271 g/mol. The van der Waals surface area contributed by atoms with E-state index in [4.69, 9.17) is 0 Å². The molecule has 0 spiro atoms. The third-order valence-electron chi connectivity index (χ3n) is 3.59. The van der Waals surface area contributed by atoms with Gasteiger partial charge in [0.1, 0.15) is 5.82 Å². The number of aliphatic hydroxyl groups is 1. The Balaban J connectivity index is 1.94. The summed E-state index contributed by atoms with van der Waals surface area (Å²) in [6, 6.07) is 14.9. The van der Waals surface area contributed by atoms with Crippen LogP contribution in [0.25, 0.3) is 10.1 Å². The minimum absolute atomic E-state index is 0.0505. The van der Waals surface area contributed by atoms with E-state index < -0.39 is 0 Å². The summed E-state index contributed by atoms with van der Waals surface area (Å²) in [5.74, 6) is -0.444. The first-order valence-electron chi connectivity index (χ1n) is 6.60. The molecule has 0 saturated heterocycles. The van der Waals surface area contributed by atoms with Crippen LogP contribution in [0.15, 0.2) is 53.9 Å². The van der Waals surface area contributed by atoms with Gasteiger partial charge in [-0.1, -0.05) is 36.4 Å². The van der Waals surface area contributed by atoms with Crippen molar-refractivity contribution in [3.05, 3.63) is 70.9 Å². The highest BCUT2D eigenvalue weighted by atomic mass is 32.1. The lowest BCUT2D eigenvalue weighted by atomic mass is 9.92. The van der Waals surface area contributed by atoms with E-state index >= 15 is 0 Å². The molecule has 0 saturated carbocycles. The van der Waals surface area contributed by atoms with Crippen LogP contribution < -0.4 is 0 Å². The van der Waals surface area contributed by atoms with Crippen LogP contribution in [-0.2, 0) is 6.42 Å². The Bertz CT molecular complexity index is 720. The van der Waals surface area contributed by atoms with Crippen molar-refractivity contribution in [2.75, 3.05) is 6.61 Å². The average Bonchev–Trinajstić information content (AvgIpc) is 2.89. The van der Waals surface area contributed by atoms with Crippen molar-refractivity contribution in [1.82, 2.24) is 0 Å². The van der Waals surface area contributed by atoms with Crippen molar-refractivity contribution in [2.24, 2.45) is 0 Å². The van der Waals surface area contributed by atoms with Crippen LogP contribution in [0.1, 0.15) is 17.0 Å². The van der Waals surface area contributed by atoms with E-state index in [0.29, 0.717) is 12.0 Å². The largest absolute Gasteiger partial charge is 0.396 e. The second kappa shape index (κ2) is 5.73. The van der Waals surface area contributed by atoms with Crippen LogP contribution in [0.5, 0.6) is 0 Å². The Hall–Kier alpha value is -1.71. The van der Waals surface area contributed by atoms with Crippen molar-refractivity contribution >= 4 is 21.4 Å². The van der Waals surface area contributed by atoms with Gasteiger partial charge in [0.25, 0.3) is 0 Å². The fraction of sp³-hybridized carbons (Fsp3) is 0.176. The molecule has 0 fully saturated rings. The van der Waals surface area contributed by atoms with E-state index in [1.54, 1.807) is 23.5 Å². The Labute approximate surface area is 121 Å². The molecule has 1 N–H and O–H groups in total. The molecule has 3 heteroatoms. The van der Waals surface area contributed by atoms with Gasteiger partial charge in [-0.3, -0.25) is 0 Å². The first-order chi connectivity index (χ1) is 9.79. The first-order valence-corrected chi connectivity index (χ1v) is 7.48. The number of halogens is 1. The zero-order chi connectivity index (χ0) is 13.9. The van der Waals surface area contributed by atoms with Gasteiger partial charge in [-0.15, -0.1) is 11.3 Å². The fourth-order valence-electron chi connectivity index (χ4n) is 2.54. The van der Waals surface area contributed by atoms with E-state index in [-0.39, 0.29) is 18.3 Å². The molecule has 1 atom stereocenters. The summed E-state index contributed by atoms with van der Waals surface area (Å²) in [5, 5.41) is 12.9. The predicted molar refractivity (Wildman–Crippen MR) is 81.8 cm³/mol. The number of thiophene rings is 1. The smallest absolute Gasteiger partial charge is 0.126 e. The van der Waals surface area contributed by atoms with Crippen molar-refractivity contribution in [3.8, 4) is 0 Å². The molecular formula is C17H15FOS. The monoisotopic (exact) mass is 286 g/mol. The van der Waals surface area contributed by atoms with E-state index in [2.05, 4.69) is 17.5 Å². The molecule has 20 heavy (non-hydrogen) atoms. The predicted octanol–water partition coefficient (Wildman–Crippen LogP) is 4.36. The molecule has 0 aliphatic rings. The van der Waals surface area contributed by atoms with E-state index in [1.807, 2.05) is 18.2 Å². The van der Waals surface area contributed by atoms with Crippen LogP contribution in [0.3, 0.4) is 0 Å². The molecule has 3 aromatic rings. The Kier molecular flexibility index (Phi) is 3.81. The topological polar surface area (TPSA) is 20.2 Å². The normalized spacial score (nSPS) is 12.7. The van der Waals surface area contributed by atoms with Gasteiger partial charge in [-0.2, -0.15) is 0 Å². The minimum atomic E-state index is -0.244. The molecule has 0 aliphatic heterocycles. The lowest BCUT2D eigenvalue weighted by molar-refractivity contribution is 0.262. The minimum Gasteiger partial charge on any atom is -0.396 e. The summed E-state index contributed by atoms with van der Waals surface area (Å²) in [4.78, 5) is 0. The molecule has 1 unspecified atom stereocenters. The Morgan fingerprint density at radius 3 is 2.60 bits per heavy atom. The number of hydrogen-bond acceptors (Lipinski definition) is 2. The number of rotatable bonds is 4. The summed E-state index contributed by atoms with van der Waals surface area (Å²) in [6.07, 6.45) is 0.654. The molecule has 0 radical (unpaired) electrons. The van der Waals surface area contributed by atoms with Crippen molar-refractivity contribution in [2.45, 2.75) is 12.3 Å². The second-order valence-corrected chi connectivity index (χ2v) is 5.77. The third-order valence-corrected chi connectivity index (χ3v) is 4.61. The van der Waals surface area contributed by atoms with Crippen LogP contribution in [0, 0.1) is 5.82 Å². The Morgan fingerprint density at radius 2 is 1.80 bits per heavy atom. The molecule has 2 aromatic carbocycles. The average molecular weight is 286 g/mol. The fourth-order valence-corrected chi connectivity index (χ4v) is 3.51. The van der Waals surface area contributed by atoms with Crippen LogP contribution in [0.4, 0.5) is 4.39 Å². The maximum absolute atomic E-state index is 13.9. The molecule has 1 aromatic heterocycles. The highest BCUT2D eigenvalue weighted by Crippen LogP contribution is 2.30. The molecule has 0 amide bonds. The van der Waals surface area contributed by atoms with Crippen molar-refractivity contribution < 1.29 is 9.50 Å². The van der Waals surface area contributed by atoms with Crippen LogP contribution in [-0.4, -0.2) is 11.7 Å². The lowest BCUT2D eigenvalue weighted by Gasteiger charge is -2.15. The van der Waals surface area contributed by atoms with E-state index in [1.165, 1.54) is 21.7 Å². The summed E-state index contributed by atoms with van der Waals surface area (Å²) >= 11 is 1.69. The lowest BCUT2D eigenvalue weighted by Crippen LogP contribution is -2.09. The highest BCUT2D eigenvalue weighted by Gasteiger charge is 2.17. The summed E-state index contributed by atoms with van der Waals surface area (Å²) in [7, 11) is 0. The molecule has 1 nitrogen and oxygen atoms in total. The van der Waals surface area contributed by atoms with Gasteiger partial charge in [0.2, 0.25) is 0 Å². The quantitative estimate of drug-likeness (QED) is 0.755. The van der Waals surface area contributed by atoms with Gasteiger partial charge in [0.15, 0.2) is 0 Å². The van der Waals surface area contributed by atoms with E-state index in [0.717, 1.165) is 0 Å². The van der Waals surface area contributed by atoms with Gasteiger partial charge < -0.3 is 5.11 Å². The molecule has 3 rings (SSSR count). The Morgan fingerprint density at radius 1 is 1.05 bits per heavy atom. The standard InChI is InChI=1S/C17H15FOS/c18-16-7-3-1-5-14(16)12(10-19)9-13-11-20-17-8-4-2-6-15(13)17/h1-8,11-12,19H,9-10H2. The zero-order valence-corrected chi connectivity index (χ0v) is 11.7.